The number of nitrogens with one attached hydrogen (secondary N) is 1. The smallest absolute Gasteiger partial charge is 0.270 e. The predicted molar refractivity (Wildman–Crippen MR) is 69.0 cm³/mol. The topological polar surface area (TPSA) is 68.0 Å². The van der Waals surface area contributed by atoms with Crippen LogP contribution in [0.25, 0.3) is 0 Å². The van der Waals surface area contributed by atoms with Crippen LogP contribution in [0.1, 0.15) is 54.6 Å². The number of rotatable bonds is 3. The van der Waals surface area contributed by atoms with E-state index in [2.05, 4.69) is 17.2 Å². The first-order valence-electron chi connectivity index (χ1n) is 6.08. The van der Waals surface area contributed by atoms with E-state index in [1.54, 1.807) is 5.38 Å². The van der Waals surface area contributed by atoms with E-state index in [1.165, 1.54) is 17.8 Å². The highest BCUT2D eigenvalue weighted by molar-refractivity contribution is 7.09. The number of hydrogen-bond donors (Lipinski definition) is 2. The van der Waals surface area contributed by atoms with Crippen molar-refractivity contribution in [2.45, 2.75) is 45.2 Å². The summed E-state index contributed by atoms with van der Waals surface area (Å²) in [6, 6.07) is 0.214. The number of carbonyl (C=O) groups is 1. The van der Waals surface area contributed by atoms with E-state index in [4.69, 9.17) is 5.73 Å². The molecule has 3 N–H and O–H groups in total. The van der Waals surface area contributed by atoms with Crippen molar-refractivity contribution in [1.29, 1.82) is 0 Å². The number of amides is 1. The van der Waals surface area contributed by atoms with Crippen molar-refractivity contribution in [3.63, 3.8) is 0 Å². The van der Waals surface area contributed by atoms with Crippen molar-refractivity contribution in [1.82, 2.24) is 10.3 Å². The molecule has 0 saturated heterocycles. The van der Waals surface area contributed by atoms with Gasteiger partial charge in [0, 0.05) is 11.4 Å². The molecule has 1 aliphatic carbocycles. The van der Waals surface area contributed by atoms with E-state index in [-0.39, 0.29) is 11.9 Å². The molecule has 1 aliphatic rings. The Morgan fingerprint density at radius 1 is 1.65 bits per heavy atom. The van der Waals surface area contributed by atoms with Gasteiger partial charge in [-0.25, -0.2) is 4.98 Å². The third kappa shape index (κ3) is 3.04. The summed E-state index contributed by atoms with van der Waals surface area (Å²) < 4.78 is 0. The van der Waals surface area contributed by atoms with E-state index in [0.717, 1.165) is 23.8 Å². The highest BCUT2D eigenvalue weighted by atomic mass is 32.1. The van der Waals surface area contributed by atoms with Crippen molar-refractivity contribution >= 4 is 17.2 Å². The van der Waals surface area contributed by atoms with E-state index in [1.807, 2.05) is 6.92 Å². The summed E-state index contributed by atoms with van der Waals surface area (Å²) in [7, 11) is 0. The Labute approximate surface area is 106 Å². The van der Waals surface area contributed by atoms with Gasteiger partial charge in [0.1, 0.15) is 10.7 Å². The molecule has 0 bridgehead atoms. The maximum atomic E-state index is 11.9. The Hall–Kier alpha value is -0.940. The molecule has 3 atom stereocenters. The van der Waals surface area contributed by atoms with Crippen molar-refractivity contribution in [3.05, 3.63) is 16.1 Å². The molecule has 1 fully saturated rings. The van der Waals surface area contributed by atoms with E-state index < -0.39 is 0 Å². The summed E-state index contributed by atoms with van der Waals surface area (Å²) in [6.45, 7) is 4.10. The van der Waals surface area contributed by atoms with Gasteiger partial charge in [-0.3, -0.25) is 4.79 Å². The lowest BCUT2D eigenvalue weighted by molar-refractivity contribution is 0.0932. The van der Waals surface area contributed by atoms with Crippen LogP contribution in [-0.2, 0) is 0 Å². The minimum atomic E-state index is -0.104. The second kappa shape index (κ2) is 5.14. The molecular weight excluding hydrogens is 234 g/mol. The van der Waals surface area contributed by atoms with Gasteiger partial charge in [0.15, 0.2) is 0 Å². The van der Waals surface area contributed by atoms with Gasteiger partial charge in [-0.1, -0.05) is 6.92 Å². The lowest BCUT2D eigenvalue weighted by Crippen LogP contribution is -2.33. The summed E-state index contributed by atoms with van der Waals surface area (Å²) >= 11 is 1.45. The van der Waals surface area contributed by atoms with Crippen molar-refractivity contribution in [2.24, 2.45) is 11.7 Å². The molecule has 94 valence electrons. The van der Waals surface area contributed by atoms with Crippen LogP contribution in [-0.4, -0.2) is 16.9 Å². The lowest BCUT2D eigenvalue weighted by Gasteiger charge is -2.10. The number of hydrogen-bond acceptors (Lipinski definition) is 4. The maximum Gasteiger partial charge on any atom is 0.270 e. The zero-order valence-corrected chi connectivity index (χ0v) is 11.1. The van der Waals surface area contributed by atoms with Gasteiger partial charge in [-0.15, -0.1) is 11.3 Å². The zero-order valence-electron chi connectivity index (χ0n) is 10.3. The molecule has 1 heterocycles. The molecule has 1 aromatic rings. The van der Waals surface area contributed by atoms with Gasteiger partial charge in [0.05, 0.1) is 6.04 Å². The van der Waals surface area contributed by atoms with Crippen LogP contribution in [0.5, 0.6) is 0 Å². The van der Waals surface area contributed by atoms with E-state index in [9.17, 15) is 4.79 Å². The molecule has 0 spiro atoms. The van der Waals surface area contributed by atoms with Crippen molar-refractivity contribution < 1.29 is 4.79 Å². The first-order valence-corrected chi connectivity index (χ1v) is 6.96. The van der Waals surface area contributed by atoms with Crippen molar-refractivity contribution in [2.75, 3.05) is 0 Å². The second-order valence-electron chi connectivity index (χ2n) is 4.95. The van der Waals surface area contributed by atoms with Gasteiger partial charge in [-0.05, 0) is 32.1 Å². The average Bonchev–Trinajstić information content (AvgIpc) is 2.86. The molecule has 5 heteroatoms. The Morgan fingerprint density at radius 3 is 2.94 bits per heavy atom. The molecule has 1 saturated carbocycles. The monoisotopic (exact) mass is 253 g/mol. The first-order chi connectivity index (χ1) is 8.06. The van der Waals surface area contributed by atoms with Gasteiger partial charge >= 0.3 is 0 Å². The van der Waals surface area contributed by atoms with E-state index in [0.29, 0.717) is 11.7 Å². The molecule has 17 heavy (non-hydrogen) atoms. The lowest BCUT2D eigenvalue weighted by atomic mass is 10.1. The Kier molecular flexibility index (Phi) is 3.79. The number of nitrogens with two attached hydrogens (primary N) is 1. The Balaban J connectivity index is 1.95. The molecule has 2 rings (SSSR count). The standard InChI is InChI=1S/C12H19N3OS/c1-7-3-4-9(5-7)14-11(16)10-6-17-12(15-10)8(2)13/h6-9H,3-5,13H2,1-2H3,(H,14,16). The fourth-order valence-corrected chi connectivity index (χ4v) is 2.96. The van der Waals surface area contributed by atoms with Crippen LogP contribution >= 0.6 is 11.3 Å². The molecule has 4 nitrogen and oxygen atoms in total. The van der Waals surface area contributed by atoms with Crippen LogP contribution in [0.2, 0.25) is 0 Å². The SMILES string of the molecule is CC1CCC(NC(=O)c2csc(C(C)N)n2)C1. The van der Waals surface area contributed by atoms with Gasteiger partial charge in [-0.2, -0.15) is 0 Å². The highest BCUT2D eigenvalue weighted by Gasteiger charge is 2.24. The third-order valence-corrected chi connectivity index (χ3v) is 4.22. The van der Waals surface area contributed by atoms with Crippen LogP contribution in [0.3, 0.4) is 0 Å². The Bertz CT molecular complexity index is 402. The maximum absolute atomic E-state index is 11.9. The quantitative estimate of drug-likeness (QED) is 0.866. The second-order valence-corrected chi connectivity index (χ2v) is 5.84. The summed E-state index contributed by atoms with van der Waals surface area (Å²) in [5.74, 6) is 0.655. The van der Waals surface area contributed by atoms with Crippen molar-refractivity contribution in [3.8, 4) is 0 Å². The fourth-order valence-electron chi connectivity index (χ4n) is 2.20. The molecule has 0 radical (unpaired) electrons. The molecule has 0 aliphatic heterocycles. The normalized spacial score (nSPS) is 25.8. The third-order valence-electron chi connectivity index (χ3n) is 3.17. The van der Waals surface area contributed by atoms with Crippen LogP contribution in [0, 0.1) is 5.92 Å². The summed E-state index contributed by atoms with van der Waals surface area (Å²) in [4.78, 5) is 16.2. The van der Waals surface area contributed by atoms with Crippen LogP contribution in [0.15, 0.2) is 5.38 Å². The highest BCUT2D eigenvalue weighted by Crippen LogP contribution is 2.25. The molecular formula is C12H19N3OS. The van der Waals surface area contributed by atoms with Crippen LogP contribution in [0.4, 0.5) is 0 Å². The number of thiazole rings is 1. The van der Waals surface area contributed by atoms with Gasteiger partial charge in [0.2, 0.25) is 0 Å². The summed E-state index contributed by atoms with van der Waals surface area (Å²) in [5, 5.41) is 5.64. The average molecular weight is 253 g/mol. The first kappa shape index (κ1) is 12.5. The summed E-state index contributed by atoms with van der Waals surface area (Å²) in [5.41, 5.74) is 6.23. The summed E-state index contributed by atoms with van der Waals surface area (Å²) in [6.07, 6.45) is 3.36. The fraction of sp³-hybridized carbons (Fsp3) is 0.667. The number of nitrogens with zero attached hydrogens (tertiary/aromatic N) is 1. The molecule has 3 unspecified atom stereocenters. The Morgan fingerprint density at radius 2 is 2.41 bits per heavy atom. The van der Waals surface area contributed by atoms with Crippen LogP contribution < -0.4 is 11.1 Å². The largest absolute Gasteiger partial charge is 0.348 e. The molecule has 1 amide bonds. The zero-order chi connectivity index (χ0) is 12.4. The molecule has 0 aromatic carbocycles. The minimum Gasteiger partial charge on any atom is -0.348 e. The van der Waals surface area contributed by atoms with Gasteiger partial charge < -0.3 is 11.1 Å². The molecule has 1 aromatic heterocycles. The minimum absolute atomic E-state index is 0.0627. The predicted octanol–water partition coefficient (Wildman–Crippen LogP) is 2.08. The number of aromatic nitrogens is 1. The van der Waals surface area contributed by atoms with E-state index >= 15 is 0 Å². The number of carbonyl (C=O) groups excluding carboxylic acids is 1. The van der Waals surface area contributed by atoms with Gasteiger partial charge in [0.25, 0.3) is 5.91 Å².